The van der Waals surface area contributed by atoms with Gasteiger partial charge in [0, 0.05) is 13.1 Å². The van der Waals surface area contributed by atoms with Gasteiger partial charge in [0.15, 0.2) is 0 Å². The molecule has 0 saturated heterocycles. The first-order valence-electron chi connectivity index (χ1n) is 6.41. The summed E-state index contributed by atoms with van der Waals surface area (Å²) in [4.78, 5) is 20.7. The average molecular weight is 356 g/mol. The van der Waals surface area contributed by atoms with Gasteiger partial charge in [-0.1, -0.05) is 6.07 Å². The number of carbonyl (C=O) groups excluding carboxylic acids is 1. The van der Waals surface area contributed by atoms with E-state index >= 15 is 0 Å². The third-order valence-corrected chi connectivity index (χ3v) is 4.30. The maximum atomic E-state index is 11.2. The van der Waals surface area contributed by atoms with E-state index in [4.69, 9.17) is 9.15 Å². The van der Waals surface area contributed by atoms with Gasteiger partial charge >= 0.3 is 35.5 Å². The molecule has 0 aromatic carbocycles. The third-order valence-electron chi connectivity index (χ3n) is 2.77. The van der Waals surface area contributed by atoms with Crippen molar-refractivity contribution in [3.8, 4) is 28.0 Å². The zero-order chi connectivity index (χ0) is 15.5. The summed E-state index contributed by atoms with van der Waals surface area (Å²) in [5, 5.41) is 2.83. The predicted molar refractivity (Wildman–Crippen MR) is 93.3 cm³/mol. The number of ether oxygens (including phenoxy) is 1. The molecule has 0 aliphatic rings. The molecular formula is C15H13N2NaO3S2. The minimum atomic E-state index is -0.437. The first kappa shape index (κ1) is 18.2. The summed E-state index contributed by atoms with van der Waals surface area (Å²) >= 11 is 3.05. The topological polar surface area (TPSA) is 65.2 Å². The number of hydrogen-bond donors (Lipinski definition) is 0. The number of carbonyl (C=O) groups is 1. The van der Waals surface area contributed by atoms with Crippen LogP contribution >= 0.6 is 23.1 Å². The van der Waals surface area contributed by atoms with Gasteiger partial charge in [0.05, 0.1) is 15.5 Å². The van der Waals surface area contributed by atoms with Crippen LogP contribution in [-0.4, -0.2) is 51.8 Å². The fourth-order valence-electron chi connectivity index (χ4n) is 1.83. The molecule has 0 amide bonds. The Morgan fingerprint density at radius 3 is 2.74 bits per heavy atom. The molecule has 0 aliphatic carbocycles. The van der Waals surface area contributed by atoms with E-state index in [9.17, 15) is 4.79 Å². The van der Waals surface area contributed by atoms with Gasteiger partial charge < -0.3 is 9.15 Å². The van der Waals surface area contributed by atoms with Crippen LogP contribution in [-0.2, 0) is 4.79 Å². The number of hydrogen-bond acceptors (Lipinski definition) is 7. The van der Waals surface area contributed by atoms with Crippen molar-refractivity contribution in [2.24, 2.45) is 0 Å². The van der Waals surface area contributed by atoms with Crippen molar-refractivity contribution < 1.29 is 13.9 Å². The molecule has 5 nitrogen and oxygen atoms in total. The molecule has 0 fully saturated rings. The average Bonchev–Trinajstić information content (AvgIpc) is 3.16. The van der Waals surface area contributed by atoms with Gasteiger partial charge in [-0.3, -0.25) is 4.79 Å². The number of aromatic nitrogens is 2. The number of pyridine rings is 1. The SMILES string of the molecule is CSc1ccc(-c2nc(OC(C)=O)c(-c3cccs3)o2)cn1.[NaH]. The molecule has 3 heterocycles. The van der Waals surface area contributed by atoms with Crippen LogP contribution in [0.5, 0.6) is 5.88 Å². The molecule has 0 radical (unpaired) electrons. The van der Waals surface area contributed by atoms with Crippen molar-refractivity contribution in [3.63, 3.8) is 0 Å². The Labute approximate surface area is 163 Å². The fraction of sp³-hybridized carbons (Fsp3) is 0.133. The second kappa shape index (κ2) is 8.12. The molecule has 0 aliphatic heterocycles. The molecule has 3 rings (SSSR count). The van der Waals surface area contributed by atoms with Crippen LogP contribution in [0.1, 0.15) is 6.92 Å². The second-order valence-electron chi connectivity index (χ2n) is 4.31. The van der Waals surface area contributed by atoms with Crippen molar-refractivity contribution in [2.45, 2.75) is 11.9 Å². The molecule has 0 unspecified atom stereocenters. The van der Waals surface area contributed by atoms with Crippen LogP contribution in [0.4, 0.5) is 0 Å². The van der Waals surface area contributed by atoms with Crippen molar-refractivity contribution >= 4 is 58.6 Å². The maximum absolute atomic E-state index is 11.2. The Kier molecular flexibility index (Phi) is 6.43. The number of oxazole rings is 1. The summed E-state index contributed by atoms with van der Waals surface area (Å²) < 4.78 is 10.9. The third kappa shape index (κ3) is 4.24. The van der Waals surface area contributed by atoms with Crippen LogP contribution < -0.4 is 4.74 Å². The van der Waals surface area contributed by atoms with Crippen molar-refractivity contribution in [3.05, 3.63) is 35.8 Å². The molecule has 3 aromatic rings. The monoisotopic (exact) mass is 356 g/mol. The zero-order valence-electron chi connectivity index (χ0n) is 11.9. The first-order chi connectivity index (χ1) is 10.7. The molecule has 0 bridgehead atoms. The molecular weight excluding hydrogens is 343 g/mol. The summed E-state index contributed by atoms with van der Waals surface area (Å²) in [6, 6.07) is 7.55. The summed E-state index contributed by atoms with van der Waals surface area (Å²) in [6.45, 7) is 1.33. The standard InChI is InChI=1S/C15H12N2O3S2.Na.H/c1-9(18)19-15-13(11-4-3-7-22-11)20-14(17-15)10-5-6-12(21-2)16-8-10;;/h3-8H,1-2H3;;. The summed E-state index contributed by atoms with van der Waals surface area (Å²) in [5.74, 6) is 0.571. The minimum absolute atomic E-state index is 0. The Hall–Kier alpha value is -1.12. The van der Waals surface area contributed by atoms with Gasteiger partial charge in [0.1, 0.15) is 0 Å². The molecule has 114 valence electrons. The molecule has 0 spiro atoms. The van der Waals surface area contributed by atoms with Gasteiger partial charge in [0.2, 0.25) is 11.7 Å². The van der Waals surface area contributed by atoms with E-state index in [-0.39, 0.29) is 35.4 Å². The number of thioether (sulfide) groups is 1. The molecule has 23 heavy (non-hydrogen) atoms. The van der Waals surface area contributed by atoms with Crippen LogP contribution in [0.25, 0.3) is 22.1 Å². The van der Waals surface area contributed by atoms with E-state index in [1.807, 2.05) is 35.9 Å². The van der Waals surface area contributed by atoms with Crippen molar-refractivity contribution in [2.75, 3.05) is 6.26 Å². The van der Waals surface area contributed by atoms with Gasteiger partial charge in [0.25, 0.3) is 5.88 Å². The number of rotatable bonds is 4. The van der Waals surface area contributed by atoms with E-state index in [2.05, 4.69) is 9.97 Å². The van der Waals surface area contributed by atoms with Gasteiger partial charge in [-0.25, -0.2) is 4.98 Å². The van der Waals surface area contributed by atoms with E-state index in [0.717, 1.165) is 15.5 Å². The van der Waals surface area contributed by atoms with Crippen molar-refractivity contribution in [1.82, 2.24) is 9.97 Å². The Morgan fingerprint density at radius 2 is 2.17 bits per heavy atom. The van der Waals surface area contributed by atoms with Crippen LogP contribution in [0.15, 0.2) is 45.3 Å². The number of nitrogens with zero attached hydrogens (tertiary/aromatic N) is 2. The van der Waals surface area contributed by atoms with E-state index < -0.39 is 5.97 Å². The van der Waals surface area contributed by atoms with Gasteiger partial charge in [-0.2, -0.15) is 4.98 Å². The second-order valence-corrected chi connectivity index (χ2v) is 6.09. The predicted octanol–water partition coefficient (Wildman–Crippen LogP) is 3.46. The Balaban J connectivity index is 0.00000192. The first-order valence-corrected chi connectivity index (χ1v) is 8.51. The Bertz CT molecular complexity index is 786. The molecule has 0 atom stereocenters. The van der Waals surface area contributed by atoms with Crippen LogP contribution in [0, 0.1) is 0 Å². The normalized spacial score (nSPS) is 10.2. The zero-order valence-corrected chi connectivity index (χ0v) is 13.5. The van der Waals surface area contributed by atoms with Gasteiger partial charge in [-0.05, 0) is 29.8 Å². The number of thiophene rings is 1. The molecule has 8 heteroatoms. The van der Waals surface area contributed by atoms with E-state index in [1.165, 1.54) is 18.3 Å². The van der Waals surface area contributed by atoms with E-state index in [1.54, 1.807) is 18.0 Å². The Morgan fingerprint density at radius 1 is 1.35 bits per heavy atom. The van der Waals surface area contributed by atoms with Gasteiger partial charge in [-0.15, -0.1) is 23.1 Å². The summed E-state index contributed by atoms with van der Waals surface area (Å²) in [6.07, 6.45) is 3.65. The quantitative estimate of drug-likeness (QED) is 0.405. The summed E-state index contributed by atoms with van der Waals surface area (Å²) in [5.41, 5.74) is 0.731. The molecule has 0 saturated carbocycles. The molecule has 0 N–H and O–H groups in total. The summed E-state index contributed by atoms with van der Waals surface area (Å²) in [7, 11) is 0. The van der Waals surface area contributed by atoms with Crippen molar-refractivity contribution in [1.29, 1.82) is 0 Å². The fourth-order valence-corrected chi connectivity index (χ4v) is 2.89. The van der Waals surface area contributed by atoms with Crippen LogP contribution in [0.2, 0.25) is 0 Å². The molecule has 3 aromatic heterocycles. The number of esters is 1. The van der Waals surface area contributed by atoms with Crippen LogP contribution in [0.3, 0.4) is 0 Å². The van der Waals surface area contributed by atoms with E-state index in [0.29, 0.717) is 11.7 Å².